The van der Waals surface area contributed by atoms with Crippen molar-refractivity contribution in [1.29, 1.82) is 21.0 Å². The Bertz CT molecular complexity index is 5860. The Kier molecular flexibility index (Phi) is 27.1. The van der Waals surface area contributed by atoms with Crippen molar-refractivity contribution >= 4 is 133 Å². The summed E-state index contributed by atoms with van der Waals surface area (Å²) in [5, 5.41) is 68.0. The quantitative estimate of drug-likeness (QED) is 0.0389. The average molecular weight is 1650 g/mol. The summed E-state index contributed by atoms with van der Waals surface area (Å²) in [6.45, 7) is 4.40. The first kappa shape index (κ1) is 81.2. The topological polar surface area (TPSA) is 400 Å². The molecule has 0 aliphatic heterocycles. The van der Waals surface area contributed by atoms with E-state index in [1.54, 1.807) is 85.3 Å². The fourth-order valence-corrected chi connectivity index (χ4v) is 16.9. The van der Waals surface area contributed by atoms with Crippen molar-refractivity contribution in [2.75, 3.05) is 11.1 Å². The molecule has 14 aromatic rings. The molecule has 0 saturated carbocycles. The third-order valence-corrected chi connectivity index (χ3v) is 22.9. The number of Topliss-reactive ketones (excluding diaryl/α,β-unsaturated/α-hetero) is 2. The molecule has 4 aromatic carbocycles. The van der Waals surface area contributed by atoms with Crippen molar-refractivity contribution in [2.24, 2.45) is 5.73 Å². The van der Waals surface area contributed by atoms with Gasteiger partial charge < -0.3 is 21.9 Å². The lowest BCUT2D eigenvalue weighted by atomic mass is 9.98. The highest BCUT2D eigenvalue weighted by Gasteiger charge is 2.28. The standard InChI is InChI=1S/C22H16ClN5OS.C21H16ClN3O2S.C20H14ClN3O3S.C19H13ClN6S/c1-13(29)8-17-10-15(6-7-25-17)20-19(11-24)18(9-14-2-4-16(23)5-3-14)21(30-20)22-26-12-27-28-22;1-12(26)8-16-10-14(6-7-25-16)19-18(11-23)17(20(28-19)21(24)27)9-13-2-4-15(22)5-3-13;1-11(25)24-17-9-13(6-7-23-17)18-16(10-22)15(19(28-18)20(26)27)8-12-2-4-14(21)5-3-12;20-13-3-1-11(2-4-13)7-14-15(9-21)17(12-5-6-23-16(22)8-12)27-18(14)19-24-10-25-26-19/h2-7,10,12H,8-9H2,1H3,(H,26,27,28);2-7,10H,8-9H2,1H3,(H2,24,27);2-7,9H,8H2,1H3,(H,26,27)(H,23,24,25);1-6,8,10H,7H2,(H2,22,23)(H,24,25,26). The number of halogens is 4. The normalized spacial score (nSPS) is 10.5. The van der Waals surface area contributed by atoms with E-state index in [4.69, 9.17) is 57.9 Å². The van der Waals surface area contributed by atoms with Crippen LogP contribution in [0.1, 0.15) is 118 Å². The predicted octanol–water partition coefficient (Wildman–Crippen LogP) is 17.9. The fourth-order valence-electron chi connectivity index (χ4n) is 11.8. The maximum Gasteiger partial charge on any atom is 0.346 e. The van der Waals surface area contributed by atoms with Gasteiger partial charge in [0.2, 0.25) is 5.91 Å². The molecule has 0 unspecified atom stereocenters. The molecule has 0 bridgehead atoms. The van der Waals surface area contributed by atoms with Gasteiger partial charge in [-0.05, 0) is 172 Å². The van der Waals surface area contributed by atoms with Gasteiger partial charge in [-0.1, -0.05) is 94.9 Å². The van der Waals surface area contributed by atoms with Crippen LogP contribution >= 0.6 is 91.8 Å². The first-order chi connectivity index (χ1) is 54.5. The molecule has 8 N–H and O–H groups in total. The molecule has 0 aliphatic rings. The van der Waals surface area contributed by atoms with Crippen LogP contribution in [0.3, 0.4) is 0 Å². The number of nitrogen functional groups attached to an aromatic ring is 1. The molecule has 0 spiro atoms. The number of nitriles is 4. The lowest BCUT2D eigenvalue weighted by Crippen LogP contribution is -2.11. The van der Waals surface area contributed by atoms with E-state index in [1.165, 1.54) is 73.6 Å². The smallest absolute Gasteiger partial charge is 0.346 e. The van der Waals surface area contributed by atoms with Crippen LogP contribution in [0.15, 0.2) is 183 Å². The first-order valence-corrected chi connectivity index (χ1v) is 38.6. The van der Waals surface area contributed by atoms with E-state index in [0.29, 0.717) is 134 Å². The third kappa shape index (κ3) is 20.6. The molecule has 10 aromatic heterocycles. The number of hydrogen-bond donors (Lipinski definition) is 6. The monoisotopic (exact) mass is 1650 g/mol. The highest BCUT2D eigenvalue weighted by molar-refractivity contribution is 7.20. The van der Waals surface area contributed by atoms with Gasteiger partial charge in [-0.15, -0.1) is 45.3 Å². The minimum atomic E-state index is -1.09. The van der Waals surface area contributed by atoms with E-state index in [9.17, 15) is 50.1 Å². The molecule has 14 rings (SSSR count). The van der Waals surface area contributed by atoms with Gasteiger partial charge in [0.1, 0.15) is 65.0 Å². The second-order valence-corrected chi connectivity index (χ2v) is 30.7. The van der Waals surface area contributed by atoms with Gasteiger partial charge >= 0.3 is 5.97 Å². The van der Waals surface area contributed by atoms with Crippen LogP contribution in [0.4, 0.5) is 11.6 Å². The number of carboxylic acids is 1. The Balaban J connectivity index is 0.000000149. The number of carbonyl (C=O) groups excluding carboxylic acids is 4. The minimum Gasteiger partial charge on any atom is -0.477 e. The minimum absolute atomic E-state index is 0.00223. The molecule has 0 saturated heterocycles. The molecular weight excluding hydrogens is 1590 g/mol. The van der Waals surface area contributed by atoms with Crippen LogP contribution in [-0.2, 0) is 52.9 Å². The molecule has 23 nitrogen and oxygen atoms in total. The number of rotatable bonds is 21. The highest BCUT2D eigenvalue weighted by Crippen LogP contribution is 2.45. The van der Waals surface area contributed by atoms with Gasteiger partial charge in [-0.25, -0.2) is 24.7 Å². The Morgan fingerprint density at radius 2 is 0.770 bits per heavy atom. The van der Waals surface area contributed by atoms with Gasteiger partial charge in [0, 0.05) is 107 Å². The van der Waals surface area contributed by atoms with E-state index in [0.717, 1.165) is 80.9 Å². The lowest BCUT2D eigenvalue weighted by molar-refractivity contribution is -0.117. The summed E-state index contributed by atoms with van der Waals surface area (Å²) in [5.41, 5.74) is 24.3. The van der Waals surface area contributed by atoms with Crippen LogP contribution in [0.5, 0.6) is 0 Å². The van der Waals surface area contributed by atoms with E-state index in [1.807, 2.05) is 78.9 Å². The molecule has 0 radical (unpaired) electrons. The number of anilines is 2. The molecule has 31 heteroatoms. The summed E-state index contributed by atoms with van der Waals surface area (Å²) in [6, 6.07) is 52.7. The number of nitrogens with zero attached hydrogens (tertiary/aromatic N) is 12. The number of carbonyl (C=O) groups is 5. The fraction of sp³-hybridized carbons (Fsp3) is 0.110. The summed E-state index contributed by atoms with van der Waals surface area (Å²) in [4.78, 5) is 88.2. The number of amides is 2. The van der Waals surface area contributed by atoms with Gasteiger partial charge in [0.25, 0.3) is 5.91 Å². The van der Waals surface area contributed by atoms with E-state index < -0.39 is 11.9 Å². The van der Waals surface area contributed by atoms with Crippen LogP contribution in [0, 0.1) is 45.3 Å². The number of aromatic carboxylic acids is 1. The van der Waals surface area contributed by atoms with Crippen LogP contribution in [-0.4, -0.2) is 84.8 Å². The second-order valence-electron chi connectivity index (χ2n) is 24.9. The number of ketones is 2. The summed E-state index contributed by atoms with van der Waals surface area (Å²) >= 11 is 29.0. The number of aromatic amines is 2. The first-order valence-electron chi connectivity index (χ1n) is 33.8. The van der Waals surface area contributed by atoms with Crippen molar-refractivity contribution in [2.45, 2.75) is 59.3 Å². The number of carboxylic acid groups (broad SMARTS) is 1. The van der Waals surface area contributed by atoms with Crippen LogP contribution in [0.2, 0.25) is 20.1 Å². The number of primary amides is 1. The number of pyridine rings is 4. The number of hydrogen-bond acceptors (Lipinski definition) is 22. The van der Waals surface area contributed by atoms with E-state index in [-0.39, 0.29) is 35.2 Å². The van der Waals surface area contributed by atoms with Gasteiger partial charge in [0.15, 0.2) is 11.6 Å². The number of aromatic nitrogens is 10. The Morgan fingerprint density at radius 1 is 0.434 bits per heavy atom. The molecular formula is C82H59Cl4N17O6S4. The zero-order valence-corrected chi connectivity index (χ0v) is 66.0. The summed E-state index contributed by atoms with van der Waals surface area (Å²) < 4.78 is 0. The number of nitrogens with two attached hydrogens (primary N) is 2. The second kappa shape index (κ2) is 37.8. The molecule has 0 aliphatic carbocycles. The zero-order valence-electron chi connectivity index (χ0n) is 59.7. The van der Waals surface area contributed by atoms with Crippen molar-refractivity contribution in [3.05, 3.63) is 291 Å². The highest BCUT2D eigenvalue weighted by atomic mass is 35.5. The van der Waals surface area contributed by atoms with Gasteiger partial charge in [-0.3, -0.25) is 39.3 Å². The predicted molar refractivity (Wildman–Crippen MR) is 440 cm³/mol. The maximum absolute atomic E-state index is 12.0. The molecule has 2 amide bonds. The number of benzene rings is 4. The summed E-state index contributed by atoms with van der Waals surface area (Å²) in [6.07, 6.45) is 11.6. The van der Waals surface area contributed by atoms with Crippen LogP contribution in [0.25, 0.3) is 63.2 Å². The molecule has 0 atom stereocenters. The van der Waals surface area contributed by atoms with Crippen molar-refractivity contribution in [3.63, 3.8) is 0 Å². The SMILES string of the molecule is CC(=O)Cc1cc(-c2sc(-c3ncn[nH]3)c(Cc3ccc(Cl)cc3)c2C#N)ccn1.CC(=O)Cc1cc(-c2sc(C(N)=O)c(Cc3ccc(Cl)cc3)c2C#N)ccn1.CC(=O)Nc1cc(-c2sc(C(=O)O)c(Cc3ccc(Cl)cc3)c2C#N)ccn1.N#Cc1c(-c2ccnc(N)c2)sc(-c2ncn[nH]2)c1Cc1ccc(Cl)cc1. The zero-order chi connectivity index (χ0) is 80.4. The van der Waals surface area contributed by atoms with E-state index in [2.05, 4.69) is 79.9 Å². The van der Waals surface area contributed by atoms with Crippen molar-refractivity contribution < 1.29 is 29.1 Å². The molecule has 560 valence electrons. The molecule has 10 heterocycles. The number of thiophene rings is 4. The van der Waals surface area contributed by atoms with E-state index >= 15 is 0 Å². The summed E-state index contributed by atoms with van der Waals surface area (Å²) in [7, 11) is 0. The molecule has 0 fully saturated rings. The Labute approximate surface area is 682 Å². The number of H-pyrrole nitrogens is 2. The van der Waals surface area contributed by atoms with Crippen molar-refractivity contribution in [3.8, 4) is 87.4 Å². The third-order valence-electron chi connectivity index (χ3n) is 16.7. The van der Waals surface area contributed by atoms with Crippen molar-refractivity contribution in [1.82, 2.24) is 50.3 Å². The lowest BCUT2D eigenvalue weighted by Gasteiger charge is -2.05. The Morgan fingerprint density at radius 3 is 1.12 bits per heavy atom. The maximum atomic E-state index is 12.0. The largest absolute Gasteiger partial charge is 0.477 e. The average Bonchev–Trinajstić information content (AvgIpc) is 1.15. The van der Waals surface area contributed by atoms with Crippen LogP contribution < -0.4 is 16.8 Å². The van der Waals surface area contributed by atoms with Gasteiger partial charge in [0.05, 0.1) is 56.4 Å². The summed E-state index contributed by atoms with van der Waals surface area (Å²) in [5.74, 6) is 0.0883. The number of nitrogens with one attached hydrogen (secondary N) is 3. The Hall–Kier alpha value is -12.8. The van der Waals surface area contributed by atoms with Gasteiger partial charge in [-0.2, -0.15) is 31.2 Å². The molecule has 113 heavy (non-hydrogen) atoms.